The molecule has 0 fully saturated rings. The maximum Gasteiger partial charge on any atom is 0.0551 e. The van der Waals surface area contributed by atoms with Crippen LogP contribution in [0.25, 0.3) is 0 Å². The summed E-state index contributed by atoms with van der Waals surface area (Å²) >= 11 is 9.42. The van der Waals surface area contributed by atoms with Crippen molar-refractivity contribution in [2.75, 3.05) is 0 Å². The van der Waals surface area contributed by atoms with Crippen molar-refractivity contribution in [2.45, 2.75) is 39.7 Å². The Morgan fingerprint density at radius 3 is 2.50 bits per heavy atom. The van der Waals surface area contributed by atoms with E-state index in [1.807, 2.05) is 18.2 Å². The third-order valence-electron chi connectivity index (χ3n) is 2.58. The van der Waals surface area contributed by atoms with Gasteiger partial charge in [-0.2, -0.15) is 0 Å². The van der Waals surface area contributed by atoms with Gasteiger partial charge in [-0.25, -0.2) is 0 Å². The van der Waals surface area contributed by atoms with Crippen LogP contribution in [0, 0.1) is 5.41 Å². The topological polar surface area (TPSA) is 26.0 Å². The van der Waals surface area contributed by atoms with E-state index in [9.17, 15) is 0 Å². The van der Waals surface area contributed by atoms with Gasteiger partial charge < -0.3 is 5.73 Å². The molecule has 1 atom stereocenters. The molecule has 0 saturated heterocycles. The van der Waals surface area contributed by atoms with Crippen LogP contribution >= 0.6 is 27.5 Å². The van der Waals surface area contributed by atoms with Crippen molar-refractivity contribution in [3.05, 3.63) is 33.3 Å². The monoisotopic (exact) mass is 303 g/mol. The lowest BCUT2D eigenvalue weighted by Gasteiger charge is -2.21. The van der Waals surface area contributed by atoms with Crippen molar-refractivity contribution < 1.29 is 0 Å². The molecule has 0 aliphatic carbocycles. The Balaban J connectivity index is 2.66. The van der Waals surface area contributed by atoms with Crippen molar-refractivity contribution in [1.82, 2.24) is 0 Å². The van der Waals surface area contributed by atoms with E-state index in [4.69, 9.17) is 17.3 Å². The van der Waals surface area contributed by atoms with Crippen LogP contribution in [0.5, 0.6) is 0 Å². The summed E-state index contributed by atoms with van der Waals surface area (Å²) in [7, 11) is 0. The Hall–Kier alpha value is -0.0500. The standard InChI is InChI=1S/C13H19BrClN/c1-13(2,3)7-6-12(16)9-4-5-10(14)11(15)8-9/h4-5,8,12H,6-7,16H2,1-3H3. The minimum atomic E-state index is 0.0739. The molecule has 0 aromatic heterocycles. The van der Waals surface area contributed by atoms with Crippen molar-refractivity contribution in [2.24, 2.45) is 11.1 Å². The highest BCUT2D eigenvalue weighted by Crippen LogP contribution is 2.29. The summed E-state index contributed by atoms with van der Waals surface area (Å²) in [4.78, 5) is 0. The zero-order chi connectivity index (χ0) is 12.3. The van der Waals surface area contributed by atoms with Crippen LogP contribution in [0.4, 0.5) is 0 Å². The summed E-state index contributed by atoms with van der Waals surface area (Å²) in [5.41, 5.74) is 7.59. The van der Waals surface area contributed by atoms with Crippen LogP contribution in [-0.4, -0.2) is 0 Å². The highest BCUT2D eigenvalue weighted by molar-refractivity contribution is 9.10. The average Bonchev–Trinajstić information content (AvgIpc) is 2.17. The molecule has 0 radical (unpaired) electrons. The fourth-order valence-corrected chi connectivity index (χ4v) is 1.93. The van der Waals surface area contributed by atoms with Crippen LogP contribution in [-0.2, 0) is 0 Å². The summed E-state index contributed by atoms with van der Waals surface area (Å²) in [6.45, 7) is 6.69. The van der Waals surface area contributed by atoms with Gasteiger partial charge in [0.1, 0.15) is 0 Å². The molecule has 0 amide bonds. The molecule has 1 unspecified atom stereocenters. The lowest BCUT2D eigenvalue weighted by molar-refractivity contribution is 0.350. The summed E-state index contributed by atoms with van der Waals surface area (Å²) in [5, 5.41) is 0.726. The van der Waals surface area contributed by atoms with E-state index in [-0.39, 0.29) is 6.04 Å². The Kier molecular flexibility index (Phi) is 4.84. The highest BCUT2D eigenvalue weighted by Gasteiger charge is 2.14. The first-order valence-corrected chi connectivity index (χ1v) is 6.67. The van der Waals surface area contributed by atoms with E-state index in [1.165, 1.54) is 0 Å². The maximum absolute atomic E-state index is 6.15. The Bertz CT molecular complexity index is 357. The van der Waals surface area contributed by atoms with Gasteiger partial charge in [0.15, 0.2) is 0 Å². The van der Waals surface area contributed by atoms with Gasteiger partial charge in [0.05, 0.1) is 5.02 Å². The van der Waals surface area contributed by atoms with Gasteiger partial charge >= 0.3 is 0 Å². The Morgan fingerprint density at radius 1 is 1.38 bits per heavy atom. The third kappa shape index (κ3) is 4.44. The molecule has 3 heteroatoms. The van der Waals surface area contributed by atoms with Gasteiger partial charge in [0.25, 0.3) is 0 Å². The fraction of sp³-hybridized carbons (Fsp3) is 0.538. The fourth-order valence-electron chi connectivity index (χ4n) is 1.50. The third-order valence-corrected chi connectivity index (χ3v) is 3.81. The number of hydrogen-bond donors (Lipinski definition) is 1. The maximum atomic E-state index is 6.15. The lowest BCUT2D eigenvalue weighted by atomic mass is 9.87. The van der Waals surface area contributed by atoms with Crippen LogP contribution in [0.15, 0.2) is 22.7 Å². The van der Waals surface area contributed by atoms with Gasteiger partial charge in [-0.1, -0.05) is 38.4 Å². The Morgan fingerprint density at radius 2 is 2.00 bits per heavy atom. The Labute approximate surface area is 111 Å². The van der Waals surface area contributed by atoms with Crippen molar-refractivity contribution in [3.63, 3.8) is 0 Å². The van der Waals surface area contributed by atoms with Crippen molar-refractivity contribution >= 4 is 27.5 Å². The first-order chi connectivity index (χ1) is 7.29. The molecule has 0 aliphatic heterocycles. The van der Waals surface area contributed by atoms with Gasteiger partial charge in [-0.3, -0.25) is 0 Å². The number of benzene rings is 1. The quantitative estimate of drug-likeness (QED) is 0.842. The predicted octanol–water partition coefficient (Wildman–Crippen LogP) is 4.93. The first-order valence-electron chi connectivity index (χ1n) is 5.50. The highest BCUT2D eigenvalue weighted by atomic mass is 79.9. The molecule has 1 aromatic carbocycles. The van der Waals surface area contributed by atoms with Gasteiger partial charge in [-0.15, -0.1) is 0 Å². The number of nitrogens with two attached hydrogens (primary N) is 1. The average molecular weight is 305 g/mol. The smallest absolute Gasteiger partial charge is 0.0551 e. The van der Waals surface area contributed by atoms with Crippen molar-refractivity contribution in [3.8, 4) is 0 Å². The molecule has 0 spiro atoms. The van der Waals surface area contributed by atoms with E-state index < -0.39 is 0 Å². The van der Waals surface area contributed by atoms with Crippen LogP contribution in [0.1, 0.15) is 45.2 Å². The van der Waals surface area contributed by atoms with E-state index in [0.29, 0.717) is 5.41 Å². The minimum absolute atomic E-state index is 0.0739. The van der Waals surface area contributed by atoms with Crippen LogP contribution < -0.4 is 5.73 Å². The largest absolute Gasteiger partial charge is 0.324 e. The number of halogens is 2. The van der Waals surface area contributed by atoms with Crippen LogP contribution in [0.3, 0.4) is 0 Å². The zero-order valence-corrected chi connectivity index (χ0v) is 12.4. The number of rotatable bonds is 3. The van der Waals surface area contributed by atoms with E-state index in [1.54, 1.807) is 0 Å². The van der Waals surface area contributed by atoms with Gasteiger partial charge in [-0.05, 0) is 51.9 Å². The molecule has 0 heterocycles. The summed E-state index contributed by atoms with van der Waals surface area (Å²) < 4.78 is 0.918. The molecule has 90 valence electrons. The van der Waals surface area contributed by atoms with E-state index >= 15 is 0 Å². The molecular weight excluding hydrogens is 286 g/mol. The molecule has 1 nitrogen and oxygen atoms in total. The summed E-state index contributed by atoms with van der Waals surface area (Å²) in [6.07, 6.45) is 2.10. The second kappa shape index (κ2) is 5.52. The molecule has 1 rings (SSSR count). The SMILES string of the molecule is CC(C)(C)CCC(N)c1ccc(Br)c(Cl)c1. The molecule has 1 aromatic rings. The summed E-state index contributed by atoms with van der Waals surface area (Å²) in [5.74, 6) is 0. The number of hydrogen-bond acceptors (Lipinski definition) is 1. The molecule has 0 bridgehead atoms. The molecule has 0 aliphatic rings. The first kappa shape index (κ1) is 14.0. The van der Waals surface area contributed by atoms with Gasteiger partial charge in [0.2, 0.25) is 0 Å². The second-order valence-corrected chi connectivity index (χ2v) is 6.64. The molecule has 16 heavy (non-hydrogen) atoms. The molecular formula is C13H19BrClN. The molecule has 0 saturated carbocycles. The van der Waals surface area contributed by atoms with Gasteiger partial charge in [0, 0.05) is 10.5 Å². The summed E-state index contributed by atoms with van der Waals surface area (Å²) in [6, 6.07) is 6.00. The van der Waals surface area contributed by atoms with E-state index in [2.05, 4.69) is 36.7 Å². The predicted molar refractivity (Wildman–Crippen MR) is 74.8 cm³/mol. The zero-order valence-electron chi connectivity index (χ0n) is 10.1. The minimum Gasteiger partial charge on any atom is -0.324 e. The lowest BCUT2D eigenvalue weighted by Crippen LogP contribution is -2.14. The van der Waals surface area contributed by atoms with Crippen molar-refractivity contribution in [1.29, 1.82) is 0 Å². The second-order valence-electron chi connectivity index (χ2n) is 5.38. The van der Waals surface area contributed by atoms with E-state index in [0.717, 1.165) is 27.9 Å². The normalized spacial score (nSPS) is 13.9. The molecule has 2 N–H and O–H groups in total. The van der Waals surface area contributed by atoms with Crippen LogP contribution in [0.2, 0.25) is 5.02 Å².